The molecular weight excluding hydrogens is 610 g/mol. The number of carbonyl (C=O) groups is 3. The average Bonchev–Trinajstić information content (AvgIpc) is 3.00. The second kappa shape index (κ2) is 14.3. The summed E-state index contributed by atoms with van der Waals surface area (Å²) < 4.78 is 34.4. The van der Waals surface area contributed by atoms with E-state index < -0.39 is 45.4 Å². The van der Waals surface area contributed by atoms with Crippen LogP contribution in [0.4, 0.5) is 10.5 Å². The first-order valence-electron chi connectivity index (χ1n) is 15.2. The van der Waals surface area contributed by atoms with Crippen LogP contribution in [0.1, 0.15) is 85.8 Å². The van der Waals surface area contributed by atoms with Gasteiger partial charge in [0.05, 0.1) is 4.90 Å². The monoisotopic (exact) mass is 651 g/mol. The Morgan fingerprint density at radius 2 is 1.57 bits per heavy atom. The van der Waals surface area contributed by atoms with Gasteiger partial charge in [-0.05, 0) is 80.5 Å². The molecule has 1 fully saturated rings. The average molecular weight is 652 g/mol. The van der Waals surface area contributed by atoms with Gasteiger partial charge in [-0.2, -0.15) is 4.31 Å². The number of nitrogens with one attached hydrogen (secondary N) is 1. The van der Waals surface area contributed by atoms with Gasteiger partial charge in [0.2, 0.25) is 5.91 Å². The number of carboxylic acids is 1. The summed E-state index contributed by atoms with van der Waals surface area (Å²) in [6.45, 7) is 4.91. The number of benzene rings is 3. The Labute approximate surface area is 269 Å². The van der Waals surface area contributed by atoms with E-state index in [0.717, 1.165) is 43.4 Å². The SMILES string of the molecule is CC(C)(C)OC(=O)N(C(Cc1ccc(C2CCCCC2)cc1)C(=O)Nc1ccc(C(=O)O)c(O)c1)S(=O)(=O)c1ccc(CN)cc1. The van der Waals surface area contributed by atoms with Gasteiger partial charge in [0.15, 0.2) is 0 Å². The van der Waals surface area contributed by atoms with E-state index in [0.29, 0.717) is 21.4 Å². The van der Waals surface area contributed by atoms with Crippen LogP contribution in [-0.4, -0.2) is 52.5 Å². The smallest absolute Gasteiger partial charge is 0.425 e. The van der Waals surface area contributed by atoms with Crippen LogP contribution in [0.2, 0.25) is 0 Å². The van der Waals surface area contributed by atoms with E-state index in [1.54, 1.807) is 20.8 Å². The summed E-state index contributed by atoms with van der Waals surface area (Å²) in [4.78, 5) is 38.9. The molecule has 246 valence electrons. The summed E-state index contributed by atoms with van der Waals surface area (Å²) >= 11 is 0. The van der Waals surface area contributed by atoms with Crippen LogP contribution in [0.15, 0.2) is 71.6 Å². The molecule has 0 spiro atoms. The molecule has 0 aliphatic heterocycles. The molecular formula is C34H41N3O8S. The number of nitrogens with two attached hydrogens (primary N) is 1. The zero-order chi connectivity index (χ0) is 33.6. The summed E-state index contributed by atoms with van der Waals surface area (Å²) in [6.07, 6.45) is 4.26. The Morgan fingerprint density at radius 1 is 0.957 bits per heavy atom. The topological polar surface area (TPSA) is 176 Å². The molecule has 0 saturated heterocycles. The van der Waals surface area contributed by atoms with Gasteiger partial charge >= 0.3 is 12.1 Å². The molecule has 1 saturated carbocycles. The van der Waals surface area contributed by atoms with Gasteiger partial charge in [-0.1, -0.05) is 55.7 Å². The molecule has 1 aliphatic carbocycles. The fourth-order valence-electron chi connectivity index (χ4n) is 5.49. The number of rotatable bonds is 10. The first-order chi connectivity index (χ1) is 21.7. The van der Waals surface area contributed by atoms with Gasteiger partial charge in [0.1, 0.15) is 23.0 Å². The Morgan fingerprint density at radius 3 is 2.11 bits per heavy atom. The van der Waals surface area contributed by atoms with E-state index in [1.165, 1.54) is 36.8 Å². The third-order valence-corrected chi connectivity index (χ3v) is 9.65. The number of amides is 2. The number of anilines is 1. The van der Waals surface area contributed by atoms with Crippen LogP contribution >= 0.6 is 0 Å². The van der Waals surface area contributed by atoms with Crippen molar-refractivity contribution in [1.82, 2.24) is 4.31 Å². The minimum absolute atomic E-state index is 0.000943. The number of aromatic hydroxyl groups is 1. The van der Waals surface area contributed by atoms with E-state index >= 15 is 0 Å². The number of hydrogen-bond acceptors (Lipinski definition) is 8. The van der Waals surface area contributed by atoms with Crippen molar-refractivity contribution in [3.05, 3.63) is 89.0 Å². The van der Waals surface area contributed by atoms with Gasteiger partial charge < -0.3 is 26.0 Å². The van der Waals surface area contributed by atoms with Crippen molar-refractivity contribution < 1.29 is 37.8 Å². The fraction of sp³-hybridized carbons (Fsp3) is 0.382. The molecule has 0 heterocycles. The highest BCUT2D eigenvalue weighted by Gasteiger charge is 2.42. The second-order valence-corrected chi connectivity index (χ2v) is 14.3. The molecule has 0 bridgehead atoms. The van der Waals surface area contributed by atoms with Crippen LogP contribution in [-0.2, 0) is 32.5 Å². The van der Waals surface area contributed by atoms with Gasteiger partial charge in [0, 0.05) is 24.7 Å². The molecule has 11 nitrogen and oxygen atoms in total. The molecule has 0 radical (unpaired) electrons. The number of ether oxygens (including phenoxy) is 1. The van der Waals surface area contributed by atoms with E-state index in [-0.39, 0.29) is 29.1 Å². The highest BCUT2D eigenvalue weighted by molar-refractivity contribution is 7.89. The quantitative estimate of drug-likeness (QED) is 0.212. The summed E-state index contributed by atoms with van der Waals surface area (Å²) in [6, 6.07) is 15.0. The van der Waals surface area contributed by atoms with Crippen LogP contribution in [0.3, 0.4) is 0 Å². The molecule has 0 aromatic heterocycles. The van der Waals surface area contributed by atoms with Crippen molar-refractivity contribution in [3.8, 4) is 5.75 Å². The molecule has 1 atom stereocenters. The van der Waals surface area contributed by atoms with Crippen molar-refractivity contribution in [2.24, 2.45) is 5.73 Å². The lowest BCUT2D eigenvalue weighted by Gasteiger charge is -2.32. The number of phenols is 1. The van der Waals surface area contributed by atoms with E-state index in [1.807, 2.05) is 24.3 Å². The Balaban J connectivity index is 1.78. The maximum absolute atomic E-state index is 14.2. The maximum atomic E-state index is 14.2. The molecule has 2 amide bonds. The number of carbonyl (C=O) groups excluding carboxylic acids is 2. The van der Waals surface area contributed by atoms with Crippen molar-refractivity contribution >= 4 is 33.7 Å². The lowest BCUT2D eigenvalue weighted by atomic mass is 9.84. The largest absolute Gasteiger partial charge is 0.507 e. The minimum atomic E-state index is -4.68. The van der Waals surface area contributed by atoms with Gasteiger partial charge in [-0.25, -0.2) is 18.0 Å². The Hall–Kier alpha value is -4.42. The van der Waals surface area contributed by atoms with Crippen LogP contribution in [0.5, 0.6) is 5.75 Å². The fourth-order valence-corrected chi connectivity index (χ4v) is 6.94. The van der Waals surface area contributed by atoms with E-state index in [9.17, 15) is 33.0 Å². The third-order valence-electron chi connectivity index (χ3n) is 7.86. The molecule has 46 heavy (non-hydrogen) atoms. The molecule has 12 heteroatoms. The molecule has 3 aromatic rings. The highest BCUT2D eigenvalue weighted by atomic mass is 32.2. The van der Waals surface area contributed by atoms with Gasteiger partial charge in [0.25, 0.3) is 10.0 Å². The predicted molar refractivity (Wildman–Crippen MR) is 173 cm³/mol. The van der Waals surface area contributed by atoms with Crippen molar-refractivity contribution in [2.45, 2.75) is 88.3 Å². The van der Waals surface area contributed by atoms with Crippen molar-refractivity contribution in [3.63, 3.8) is 0 Å². The first-order valence-corrected chi connectivity index (χ1v) is 16.7. The van der Waals surface area contributed by atoms with E-state index in [2.05, 4.69) is 5.32 Å². The lowest BCUT2D eigenvalue weighted by molar-refractivity contribution is -0.119. The van der Waals surface area contributed by atoms with Crippen LogP contribution < -0.4 is 11.1 Å². The van der Waals surface area contributed by atoms with Gasteiger partial charge in [-0.15, -0.1) is 0 Å². The standard InChI is InChI=1S/C34H41N3O8S/c1-34(2,3)45-33(42)37(46(43,44)27-16-11-23(21-35)12-17-27)29(31(39)36-26-15-18-28(32(40)41)30(38)20-26)19-22-9-13-25(14-10-22)24-7-5-4-6-8-24/h9-18,20,24,29,38H,4-8,19,21,35H2,1-3H3,(H,36,39)(H,40,41). The zero-order valence-electron chi connectivity index (χ0n) is 26.2. The Kier molecular flexibility index (Phi) is 10.7. The maximum Gasteiger partial charge on any atom is 0.425 e. The number of carboxylic acid groups (broad SMARTS) is 1. The van der Waals surface area contributed by atoms with Gasteiger partial charge in [-0.3, -0.25) is 4.79 Å². The number of sulfonamides is 1. The summed E-state index contributed by atoms with van der Waals surface area (Å²) in [5.74, 6) is -2.44. The minimum Gasteiger partial charge on any atom is -0.507 e. The third kappa shape index (κ3) is 8.43. The zero-order valence-corrected chi connectivity index (χ0v) is 27.0. The molecule has 1 unspecified atom stereocenters. The number of aromatic carboxylic acids is 1. The van der Waals surface area contributed by atoms with Crippen LogP contribution in [0, 0.1) is 0 Å². The van der Waals surface area contributed by atoms with Crippen molar-refractivity contribution in [1.29, 1.82) is 0 Å². The first kappa shape index (κ1) is 34.5. The summed E-state index contributed by atoms with van der Waals surface area (Å²) in [5.41, 5.74) is 6.64. The van der Waals surface area contributed by atoms with E-state index in [4.69, 9.17) is 10.5 Å². The highest BCUT2D eigenvalue weighted by Crippen LogP contribution is 2.33. The normalized spacial score (nSPS) is 14.7. The molecule has 1 aliphatic rings. The molecule has 3 aromatic carbocycles. The predicted octanol–water partition coefficient (Wildman–Crippen LogP) is 5.77. The lowest BCUT2D eigenvalue weighted by Crippen LogP contribution is -2.52. The summed E-state index contributed by atoms with van der Waals surface area (Å²) in [7, 11) is -4.68. The number of nitrogens with zero attached hydrogens (tertiary/aromatic N) is 1. The molecule has 4 rings (SSSR count). The van der Waals surface area contributed by atoms with Crippen LogP contribution in [0.25, 0.3) is 0 Å². The second-order valence-electron chi connectivity index (χ2n) is 12.5. The number of hydrogen-bond donors (Lipinski definition) is 4. The molecule has 5 N–H and O–H groups in total. The summed E-state index contributed by atoms with van der Waals surface area (Å²) in [5, 5.41) is 22.0. The van der Waals surface area contributed by atoms with Crippen molar-refractivity contribution in [2.75, 3.05) is 5.32 Å². The Bertz CT molecular complexity index is 1660.